The molecule has 21 heavy (non-hydrogen) atoms. The van der Waals surface area contributed by atoms with Crippen molar-refractivity contribution in [1.29, 1.82) is 0 Å². The summed E-state index contributed by atoms with van der Waals surface area (Å²) in [7, 11) is 0. The highest BCUT2D eigenvalue weighted by atomic mass is 32.1. The topological polar surface area (TPSA) is 34.1 Å². The van der Waals surface area contributed by atoms with Gasteiger partial charge in [0.15, 0.2) is 0 Å². The summed E-state index contributed by atoms with van der Waals surface area (Å²) in [4.78, 5) is 4.70. The second-order valence-electron chi connectivity index (χ2n) is 5.00. The molecule has 0 atom stereocenters. The summed E-state index contributed by atoms with van der Waals surface area (Å²) in [6, 6.07) is 6.62. The summed E-state index contributed by atoms with van der Waals surface area (Å²) in [5.74, 6) is 0.703. The maximum atomic E-state index is 12.1. The van der Waals surface area contributed by atoms with E-state index >= 15 is 0 Å². The molecule has 1 aliphatic rings. The number of nitrogens with one attached hydrogen (secondary N) is 1. The van der Waals surface area contributed by atoms with E-state index in [0.717, 1.165) is 37.2 Å². The number of piperidine rings is 1. The molecule has 1 aromatic heterocycles. The summed E-state index contributed by atoms with van der Waals surface area (Å²) < 4.78 is 28.6. The van der Waals surface area contributed by atoms with Crippen molar-refractivity contribution in [2.24, 2.45) is 0 Å². The first-order valence-corrected chi connectivity index (χ1v) is 7.82. The van der Waals surface area contributed by atoms with Crippen LogP contribution in [0.3, 0.4) is 0 Å². The van der Waals surface area contributed by atoms with Gasteiger partial charge in [-0.1, -0.05) is 0 Å². The molecule has 0 aliphatic carbocycles. The van der Waals surface area contributed by atoms with Crippen LogP contribution in [0.15, 0.2) is 29.6 Å². The molecule has 3 nitrogen and oxygen atoms in total. The van der Waals surface area contributed by atoms with Crippen LogP contribution in [0.4, 0.5) is 8.78 Å². The van der Waals surface area contributed by atoms with Gasteiger partial charge in [-0.3, -0.25) is 0 Å². The standard InChI is InChI=1S/C15H16F2N2OS/c16-15(17)20-12-3-1-10(2-4-12)13-9-21-14(19-13)11-5-7-18-8-6-11/h1-4,9,11,15,18H,5-8H2. The fourth-order valence-corrected chi connectivity index (χ4v) is 3.48. The molecule has 1 fully saturated rings. The number of aromatic nitrogens is 1. The fourth-order valence-electron chi connectivity index (χ4n) is 2.48. The van der Waals surface area contributed by atoms with Crippen LogP contribution in [0, 0.1) is 0 Å². The summed E-state index contributed by atoms with van der Waals surface area (Å²) in [6.07, 6.45) is 2.24. The largest absolute Gasteiger partial charge is 0.435 e. The second-order valence-corrected chi connectivity index (χ2v) is 5.89. The zero-order valence-corrected chi connectivity index (χ0v) is 12.2. The zero-order chi connectivity index (χ0) is 14.7. The van der Waals surface area contributed by atoms with Gasteiger partial charge in [-0.25, -0.2) is 4.98 Å². The average Bonchev–Trinajstić information content (AvgIpc) is 2.98. The predicted octanol–water partition coefficient (Wildman–Crippen LogP) is 3.88. The number of hydrogen-bond acceptors (Lipinski definition) is 4. The molecule has 3 rings (SSSR count). The SMILES string of the molecule is FC(F)Oc1ccc(-c2csc(C3CCNCC3)n2)cc1. The van der Waals surface area contributed by atoms with Crippen LogP contribution in [0.1, 0.15) is 23.8 Å². The highest BCUT2D eigenvalue weighted by molar-refractivity contribution is 7.10. The Morgan fingerprint density at radius 1 is 1.19 bits per heavy atom. The minimum atomic E-state index is -2.79. The Balaban J connectivity index is 1.73. The van der Waals surface area contributed by atoms with E-state index in [2.05, 4.69) is 10.1 Å². The minimum absolute atomic E-state index is 0.169. The third kappa shape index (κ3) is 3.57. The Kier molecular flexibility index (Phi) is 4.45. The molecule has 1 aromatic carbocycles. The molecule has 2 aromatic rings. The Hall–Kier alpha value is -1.53. The van der Waals surface area contributed by atoms with E-state index in [4.69, 9.17) is 4.98 Å². The lowest BCUT2D eigenvalue weighted by Gasteiger charge is -2.20. The van der Waals surface area contributed by atoms with Crippen LogP contribution in [0.5, 0.6) is 5.75 Å². The molecule has 6 heteroatoms. The van der Waals surface area contributed by atoms with Gasteiger partial charge < -0.3 is 10.1 Å². The molecular formula is C15H16F2N2OS. The number of hydrogen-bond donors (Lipinski definition) is 1. The van der Waals surface area contributed by atoms with E-state index in [0.29, 0.717) is 5.92 Å². The molecule has 1 saturated heterocycles. The van der Waals surface area contributed by atoms with Gasteiger partial charge in [0.25, 0.3) is 0 Å². The first-order valence-electron chi connectivity index (χ1n) is 6.94. The van der Waals surface area contributed by atoms with Crippen LogP contribution in [0.2, 0.25) is 0 Å². The maximum absolute atomic E-state index is 12.1. The molecule has 0 spiro atoms. The van der Waals surface area contributed by atoms with E-state index in [-0.39, 0.29) is 5.75 Å². The van der Waals surface area contributed by atoms with Crippen LogP contribution in [0.25, 0.3) is 11.3 Å². The van der Waals surface area contributed by atoms with Crippen molar-refractivity contribution < 1.29 is 13.5 Å². The highest BCUT2D eigenvalue weighted by Gasteiger charge is 2.18. The number of halogens is 2. The van der Waals surface area contributed by atoms with Crippen molar-refractivity contribution in [2.75, 3.05) is 13.1 Å². The number of benzene rings is 1. The molecule has 2 heterocycles. The van der Waals surface area contributed by atoms with E-state index in [9.17, 15) is 8.78 Å². The molecule has 0 unspecified atom stereocenters. The van der Waals surface area contributed by atoms with Crippen molar-refractivity contribution in [3.8, 4) is 17.0 Å². The normalized spacial score (nSPS) is 16.3. The Bertz CT molecular complexity index is 580. The van der Waals surface area contributed by atoms with Gasteiger partial charge >= 0.3 is 6.61 Å². The van der Waals surface area contributed by atoms with Gasteiger partial charge in [0.1, 0.15) is 5.75 Å². The molecule has 1 N–H and O–H groups in total. The molecule has 0 bridgehead atoms. The number of alkyl halides is 2. The maximum Gasteiger partial charge on any atom is 0.387 e. The lowest BCUT2D eigenvalue weighted by atomic mass is 9.99. The first kappa shape index (κ1) is 14.4. The van der Waals surface area contributed by atoms with Gasteiger partial charge in [0, 0.05) is 16.9 Å². The number of rotatable bonds is 4. The van der Waals surface area contributed by atoms with Crippen LogP contribution in [-0.2, 0) is 0 Å². The molecule has 1 aliphatic heterocycles. The fraction of sp³-hybridized carbons (Fsp3) is 0.400. The van der Waals surface area contributed by atoms with Gasteiger partial charge in [-0.2, -0.15) is 8.78 Å². The molecule has 0 saturated carbocycles. The Morgan fingerprint density at radius 2 is 1.90 bits per heavy atom. The van der Waals surface area contributed by atoms with E-state index in [1.165, 1.54) is 5.01 Å². The molecular weight excluding hydrogens is 294 g/mol. The quantitative estimate of drug-likeness (QED) is 0.930. The lowest BCUT2D eigenvalue weighted by molar-refractivity contribution is -0.0498. The smallest absolute Gasteiger partial charge is 0.387 e. The van der Waals surface area contributed by atoms with Gasteiger partial charge in [0.2, 0.25) is 0 Å². The van der Waals surface area contributed by atoms with Gasteiger partial charge in [-0.15, -0.1) is 11.3 Å². The predicted molar refractivity (Wildman–Crippen MR) is 79.0 cm³/mol. The molecule has 0 amide bonds. The van der Waals surface area contributed by atoms with E-state index < -0.39 is 6.61 Å². The minimum Gasteiger partial charge on any atom is -0.435 e. The Morgan fingerprint density at radius 3 is 2.57 bits per heavy atom. The van der Waals surface area contributed by atoms with Crippen molar-refractivity contribution in [2.45, 2.75) is 25.4 Å². The van der Waals surface area contributed by atoms with Crippen molar-refractivity contribution >= 4 is 11.3 Å². The van der Waals surface area contributed by atoms with Crippen LogP contribution >= 0.6 is 11.3 Å². The lowest BCUT2D eigenvalue weighted by Crippen LogP contribution is -2.26. The molecule has 0 radical (unpaired) electrons. The second kappa shape index (κ2) is 6.49. The van der Waals surface area contributed by atoms with Crippen molar-refractivity contribution in [1.82, 2.24) is 10.3 Å². The summed E-state index contributed by atoms with van der Waals surface area (Å²) in [6.45, 7) is -0.708. The summed E-state index contributed by atoms with van der Waals surface area (Å²) >= 11 is 1.68. The van der Waals surface area contributed by atoms with Crippen molar-refractivity contribution in [3.05, 3.63) is 34.7 Å². The Labute approximate surface area is 126 Å². The highest BCUT2D eigenvalue weighted by Crippen LogP contribution is 2.31. The van der Waals surface area contributed by atoms with Crippen molar-refractivity contribution in [3.63, 3.8) is 0 Å². The first-order chi connectivity index (χ1) is 10.2. The third-order valence-electron chi connectivity index (χ3n) is 3.59. The number of nitrogens with zero attached hydrogens (tertiary/aromatic N) is 1. The van der Waals surface area contributed by atoms with Gasteiger partial charge in [-0.05, 0) is 50.2 Å². The summed E-state index contributed by atoms with van der Waals surface area (Å²) in [5, 5.41) is 6.54. The van der Waals surface area contributed by atoms with E-state index in [1.807, 2.05) is 5.38 Å². The van der Waals surface area contributed by atoms with E-state index in [1.54, 1.807) is 35.6 Å². The average molecular weight is 310 g/mol. The summed E-state index contributed by atoms with van der Waals surface area (Å²) in [5.41, 5.74) is 1.82. The number of ether oxygens (including phenoxy) is 1. The third-order valence-corrected chi connectivity index (χ3v) is 4.59. The zero-order valence-electron chi connectivity index (χ0n) is 11.4. The van der Waals surface area contributed by atoms with Crippen LogP contribution in [-0.4, -0.2) is 24.7 Å². The van der Waals surface area contributed by atoms with Gasteiger partial charge in [0.05, 0.1) is 10.7 Å². The monoisotopic (exact) mass is 310 g/mol. The van der Waals surface area contributed by atoms with Crippen LogP contribution < -0.4 is 10.1 Å². The molecule has 112 valence electrons. The number of thiazole rings is 1.